The lowest BCUT2D eigenvalue weighted by molar-refractivity contribution is -0.134. The van der Waals surface area contributed by atoms with Crippen LogP contribution in [-0.2, 0) is 17.8 Å². The molecule has 0 radical (unpaired) electrons. The first-order chi connectivity index (χ1) is 11.1. The van der Waals surface area contributed by atoms with Gasteiger partial charge in [-0.05, 0) is 31.6 Å². The van der Waals surface area contributed by atoms with Crippen molar-refractivity contribution in [3.63, 3.8) is 0 Å². The van der Waals surface area contributed by atoms with Crippen molar-refractivity contribution in [3.8, 4) is 0 Å². The summed E-state index contributed by atoms with van der Waals surface area (Å²) in [6.07, 6.45) is 6.80. The van der Waals surface area contributed by atoms with Crippen molar-refractivity contribution in [1.29, 1.82) is 0 Å². The van der Waals surface area contributed by atoms with Crippen LogP contribution < -0.4 is 5.73 Å². The second-order valence-electron chi connectivity index (χ2n) is 7.33. The van der Waals surface area contributed by atoms with Crippen LogP contribution in [0.1, 0.15) is 63.5 Å². The highest BCUT2D eigenvalue weighted by atomic mass is 16.2. The number of fused-ring (bicyclic) bond motifs is 1. The third-order valence-electron chi connectivity index (χ3n) is 5.24. The number of nitrogens with zero attached hydrogens (tertiary/aromatic N) is 4. The molecule has 0 bridgehead atoms. The molecule has 23 heavy (non-hydrogen) atoms. The fourth-order valence-electron chi connectivity index (χ4n) is 3.69. The molecule has 0 aromatic carbocycles. The topological polar surface area (TPSA) is 77.0 Å². The summed E-state index contributed by atoms with van der Waals surface area (Å²) in [6.45, 7) is 6.58. The molecule has 1 aromatic heterocycles. The van der Waals surface area contributed by atoms with Crippen LogP contribution in [0.2, 0.25) is 0 Å². The minimum atomic E-state index is -0.399. The van der Waals surface area contributed by atoms with Gasteiger partial charge < -0.3 is 15.2 Å². The summed E-state index contributed by atoms with van der Waals surface area (Å²) < 4.78 is 2.31. The van der Waals surface area contributed by atoms with Crippen molar-refractivity contribution in [2.24, 2.45) is 11.7 Å². The maximum absolute atomic E-state index is 12.6. The zero-order valence-electron chi connectivity index (χ0n) is 14.4. The standard InChI is InChI=1S/C17H29N5O/c1-12(2)15(18)17(23)21-9-6-7-13(11-21)16-20-19-14-8-4-3-5-10-22(14)16/h12-13,15H,3-11,18H2,1-2H3/t13?,15-/m0/s1. The monoisotopic (exact) mass is 319 g/mol. The Morgan fingerprint density at radius 3 is 2.78 bits per heavy atom. The van der Waals surface area contributed by atoms with Gasteiger partial charge >= 0.3 is 0 Å². The molecular formula is C17H29N5O. The van der Waals surface area contributed by atoms with Crippen molar-refractivity contribution in [3.05, 3.63) is 11.6 Å². The Kier molecular flexibility index (Phi) is 4.99. The molecular weight excluding hydrogens is 290 g/mol. The lowest BCUT2D eigenvalue weighted by atomic mass is 9.95. The van der Waals surface area contributed by atoms with Crippen LogP contribution in [0.3, 0.4) is 0 Å². The summed E-state index contributed by atoms with van der Waals surface area (Å²) >= 11 is 0. The van der Waals surface area contributed by atoms with E-state index in [1.165, 1.54) is 19.3 Å². The molecule has 0 saturated carbocycles. The Hall–Kier alpha value is -1.43. The molecule has 0 aliphatic carbocycles. The number of carbonyl (C=O) groups is 1. The van der Waals surface area contributed by atoms with Crippen molar-refractivity contribution in [2.75, 3.05) is 13.1 Å². The van der Waals surface area contributed by atoms with Gasteiger partial charge in [-0.3, -0.25) is 4.79 Å². The average molecular weight is 319 g/mol. The number of carbonyl (C=O) groups excluding carboxylic acids is 1. The lowest BCUT2D eigenvalue weighted by Crippen LogP contribution is -2.49. The second-order valence-corrected chi connectivity index (χ2v) is 7.33. The molecule has 2 aliphatic heterocycles. The normalized spacial score (nSPS) is 23.5. The van der Waals surface area contributed by atoms with E-state index in [0.29, 0.717) is 5.92 Å². The number of hydrogen-bond donors (Lipinski definition) is 1. The molecule has 1 unspecified atom stereocenters. The number of aryl methyl sites for hydroxylation is 1. The second kappa shape index (κ2) is 6.99. The van der Waals surface area contributed by atoms with Crippen molar-refractivity contribution in [1.82, 2.24) is 19.7 Å². The minimum absolute atomic E-state index is 0.0836. The van der Waals surface area contributed by atoms with E-state index in [-0.39, 0.29) is 11.8 Å². The molecule has 1 amide bonds. The smallest absolute Gasteiger partial charge is 0.239 e. The first-order valence-electron chi connectivity index (χ1n) is 9.04. The fourth-order valence-corrected chi connectivity index (χ4v) is 3.69. The van der Waals surface area contributed by atoms with E-state index in [1.807, 2.05) is 18.7 Å². The maximum Gasteiger partial charge on any atom is 0.239 e. The molecule has 2 atom stereocenters. The van der Waals surface area contributed by atoms with E-state index in [4.69, 9.17) is 5.73 Å². The molecule has 1 fully saturated rings. The molecule has 1 saturated heterocycles. The molecule has 1 aromatic rings. The number of likely N-dealkylation sites (tertiary alicyclic amines) is 1. The van der Waals surface area contributed by atoms with Gasteiger partial charge in [0.05, 0.1) is 6.04 Å². The first kappa shape index (κ1) is 16.4. The predicted octanol–water partition coefficient (Wildman–Crippen LogP) is 1.69. The van der Waals surface area contributed by atoms with Crippen LogP contribution in [0.15, 0.2) is 0 Å². The largest absolute Gasteiger partial charge is 0.341 e. The Balaban J connectivity index is 1.74. The van der Waals surface area contributed by atoms with Gasteiger partial charge in [0, 0.05) is 32.0 Å². The number of nitrogens with two attached hydrogens (primary N) is 1. The Labute approximate surface area is 138 Å². The highest BCUT2D eigenvalue weighted by Crippen LogP contribution is 2.28. The summed E-state index contributed by atoms with van der Waals surface area (Å²) in [5.41, 5.74) is 6.06. The van der Waals surface area contributed by atoms with Crippen LogP contribution >= 0.6 is 0 Å². The third kappa shape index (κ3) is 3.42. The third-order valence-corrected chi connectivity index (χ3v) is 5.24. The van der Waals surface area contributed by atoms with Crippen molar-refractivity contribution in [2.45, 2.75) is 70.9 Å². The van der Waals surface area contributed by atoms with Gasteiger partial charge in [0.2, 0.25) is 5.91 Å². The van der Waals surface area contributed by atoms with E-state index in [0.717, 1.165) is 50.5 Å². The van der Waals surface area contributed by atoms with Crippen LogP contribution in [0, 0.1) is 5.92 Å². The average Bonchev–Trinajstić information content (AvgIpc) is 2.82. The number of rotatable bonds is 3. The lowest BCUT2D eigenvalue weighted by Gasteiger charge is -2.34. The van der Waals surface area contributed by atoms with Gasteiger partial charge in [-0.2, -0.15) is 0 Å². The van der Waals surface area contributed by atoms with Crippen molar-refractivity contribution >= 4 is 5.91 Å². The molecule has 128 valence electrons. The minimum Gasteiger partial charge on any atom is -0.341 e. The number of aromatic nitrogens is 3. The summed E-state index contributed by atoms with van der Waals surface area (Å²) in [4.78, 5) is 14.5. The zero-order valence-corrected chi connectivity index (χ0v) is 14.4. The molecule has 0 spiro atoms. The SMILES string of the molecule is CC(C)[C@H](N)C(=O)N1CCCC(c2nnc3n2CCCCC3)C1. The van der Waals surface area contributed by atoms with Crippen LogP contribution in [0.25, 0.3) is 0 Å². The Morgan fingerprint density at radius 2 is 2.00 bits per heavy atom. The highest BCUT2D eigenvalue weighted by molar-refractivity contribution is 5.82. The quantitative estimate of drug-likeness (QED) is 0.920. The number of amides is 1. The van der Waals surface area contributed by atoms with Crippen LogP contribution in [0.5, 0.6) is 0 Å². The summed E-state index contributed by atoms with van der Waals surface area (Å²) in [5, 5.41) is 8.89. The van der Waals surface area contributed by atoms with Gasteiger partial charge in [0.15, 0.2) is 0 Å². The van der Waals surface area contributed by atoms with Crippen LogP contribution in [-0.4, -0.2) is 44.7 Å². The van der Waals surface area contributed by atoms with Crippen LogP contribution in [0.4, 0.5) is 0 Å². The maximum atomic E-state index is 12.6. The summed E-state index contributed by atoms with van der Waals surface area (Å²) in [5.74, 6) is 2.76. The van der Waals surface area contributed by atoms with E-state index < -0.39 is 6.04 Å². The van der Waals surface area contributed by atoms with Gasteiger partial charge in [-0.25, -0.2) is 0 Å². The zero-order chi connectivity index (χ0) is 16.4. The number of hydrogen-bond acceptors (Lipinski definition) is 4. The molecule has 2 N–H and O–H groups in total. The Morgan fingerprint density at radius 1 is 1.17 bits per heavy atom. The summed E-state index contributed by atoms with van der Waals surface area (Å²) in [6, 6.07) is -0.399. The van der Waals surface area contributed by atoms with Gasteiger partial charge in [0.1, 0.15) is 11.6 Å². The van der Waals surface area contributed by atoms with E-state index in [2.05, 4.69) is 14.8 Å². The Bertz CT molecular complexity index is 553. The summed E-state index contributed by atoms with van der Waals surface area (Å²) in [7, 11) is 0. The van der Waals surface area contributed by atoms with E-state index >= 15 is 0 Å². The molecule has 3 rings (SSSR count). The van der Waals surface area contributed by atoms with Gasteiger partial charge in [-0.1, -0.05) is 20.3 Å². The molecule has 6 heteroatoms. The van der Waals surface area contributed by atoms with E-state index in [1.54, 1.807) is 0 Å². The predicted molar refractivity (Wildman–Crippen MR) is 88.9 cm³/mol. The highest BCUT2D eigenvalue weighted by Gasteiger charge is 2.32. The number of piperidine rings is 1. The van der Waals surface area contributed by atoms with Gasteiger partial charge in [-0.15, -0.1) is 10.2 Å². The van der Waals surface area contributed by atoms with E-state index in [9.17, 15) is 4.79 Å². The molecule has 3 heterocycles. The fraction of sp³-hybridized carbons (Fsp3) is 0.824. The van der Waals surface area contributed by atoms with Crippen molar-refractivity contribution < 1.29 is 4.79 Å². The molecule has 6 nitrogen and oxygen atoms in total. The van der Waals surface area contributed by atoms with Gasteiger partial charge in [0.25, 0.3) is 0 Å². The first-order valence-corrected chi connectivity index (χ1v) is 9.04. The molecule has 2 aliphatic rings.